The first-order chi connectivity index (χ1) is 4.74. The molecule has 0 amide bonds. The highest BCUT2D eigenvalue weighted by Crippen LogP contribution is 2.27. The van der Waals surface area contributed by atoms with Crippen LogP contribution in [0.25, 0.3) is 0 Å². The molecule has 2 nitrogen and oxygen atoms in total. The van der Waals surface area contributed by atoms with E-state index in [9.17, 15) is 9.59 Å². The van der Waals surface area contributed by atoms with Crippen molar-refractivity contribution in [2.24, 2.45) is 11.8 Å². The Morgan fingerprint density at radius 1 is 1.70 bits per heavy atom. The van der Waals surface area contributed by atoms with Crippen molar-refractivity contribution in [3.63, 3.8) is 0 Å². The van der Waals surface area contributed by atoms with Gasteiger partial charge in [-0.3, -0.25) is 4.79 Å². The number of ketones is 1. The van der Waals surface area contributed by atoms with Crippen molar-refractivity contribution < 1.29 is 9.59 Å². The summed E-state index contributed by atoms with van der Waals surface area (Å²) in [6.07, 6.45) is 3.17. The third kappa shape index (κ3) is 1.43. The summed E-state index contributed by atoms with van der Waals surface area (Å²) in [5, 5.41) is 0. The van der Waals surface area contributed by atoms with E-state index >= 15 is 0 Å². The maximum Gasteiger partial charge on any atom is 0.133 e. The fourth-order valence-corrected chi connectivity index (χ4v) is 1.40. The van der Waals surface area contributed by atoms with Gasteiger partial charge in [-0.2, -0.15) is 0 Å². The van der Waals surface area contributed by atoms with Crippen molar-refractivity contribution in [1.82, 2.24) is 0 Å². The molecule has 1 fully saturated rings. The molecule has 10 heavy (non-hydrogen) atoms. The van der Waals surface area contributed by atoms with Crippen LogP contribution in [-0.4, -0.2) is 12.1 Å². The Balaban J connectivity index is 2.43. The van der Waals surface area contributed by atoms with E-state index in [1.165, 1.54) is 0 Å². The quantitative estimate of drug-likeness (QED) is 0.540. The lowest BCUT2D eigenvalue weighted by atomic mass is 9.94. The van der Waals surface area contributed by atoms with Crippen molar-refractivity contribution in [1.29, 1.82) is 0 Å². The van der Waals surface area contributed by atoms with Crippen LogP contribution in [0.4, 0.5) is 0 Å². The number of Topliss-reactive ketones (excluding diaryl/α,β-unsaturated/α-hetero) is 1. The fourth-order valence-electron chi connectivity index (χ4n) is 1.40. The molecule has 2 heteroatoms. The first-order valence-corrected chi connectivity index (χ1v) is 3.71. The van der Waals surface area contributed by atoms with Crippen molar-refractivity contribution in [3.8, 4) is 0 Å². The summed E-state index contributed by atoms with van der Waals surface area (Å²) < 4.78 is 0. The molecule has 0 N–H and O–H groups in total. The number of hydrogen-bond acceptors (Lipinski definition) is 2. The Morgan fingerprint density at radius 2 is 2.40 bits per heavy atom. The molecule has 2 atom stereocenters. The van der Waals surface area contributed by atoms with Crippen molar-refractivity contribution in [2.75, 3.05) is 0 Å². The Kier molecular flexibility index (Phi) is 2.20. The highest BCUT2D eigenvalue weighted by atomic mass is 16.1. The molecule has 0 aliphatic heterocycles. The van der Waals surface area contributed by atoms with E-state index in [-0.39, 0.29) is 5.92 Å². The monoisotopic (exact) mass is 140 g/mol. The summed E-state index contributed by atoms with van der Waals surface area (Å²) >= 11 is 0. The lowest BCUT2D eigenvalue weighted by Crippen LogP contribution is -2.09. The average molecular weight is 140 g/mol. The second-order valence-corrected chi connectivity index (χ2v) is 3.04. The molecule has 0 radical (unpaired) electrons. The van der Waals surface area contributed by atoms with Gasteiger partial charge in [0.15, 0.2) is 0 Å². The normalized spacial score (nSPS) is 28.5. The van der Waals surface area contributed by atoms with Crippen LogP contribution in [0, 0.1) is 11.8 Å². The summed E-state index contributed by atoms with van der Waals surface area (Å²) in [6, 6.07) is 0. The van der Waals surface area contributed by atoms with Crippen molar-refractivity contribution in [3.05, 3.63) is 0 Å². The number of carbonyl (C=O) groups is 2. The largest absolute Gasteiger partial charge is 0.303 e. The third-order valence-corrected chi connectivity index (χ3v) is 2.24. The van der Waals surface area contributed by atoms with Crippen LogP contribution < -0.4 is 0 Å². The molecule has 0 bridgehead atoms. The molecular formula is C8H12O2. The Hall–Kier alpha value is -0.660. The number of carbonyl (C=O) groups excluding carboxylic acids is 2. The van der Waals surface area contributed by atoms with E-state index in [0.29, 0.717) is 24.5 Å². The lowest BCUT2D eigenvalue weighted by Gasteiger charge is -2.09. The zero-order valence-electron chi connectivity index (χ0n) is 6.17. The number of rotatable bonds is 2. The van der Waals surface area contributed by atoms with Crippen molar-refractivity contribution in [2.45, 2.75) is 26.2 Å². The van der Waals surface area contributed by atoms with Crippen LogP contribution in [0.5, 0.6) is 0 Å². The molecule has 1 rings (SSSR count). The van der Waals surface area contributed by atoms with E-state index in [4.69, 9.17) is 0 Å². The topological polar surface area (TPSA) is 34.1 Å². The summed E-state index contributed by atoms with van der Waals surface area (Å²) in [5.41, 5.74) is 0. The summed E-state index contributed by atoms with van der Waals surface area (Å²) in [4.78, 5) is 21.0. The van der Waals surface area contributed by atoms with E-state index < -0.39 is 0 Å². The standard InChI is InChI=1S/C8H12O2/c1-6(5-9)7-2-3-8(10)4-7/h5-7H,2-4H2,1H3/t6-,7-/m1/s1. The van der Waals surface area contributed by atoms with Gasteiger partial charge in [-0.1, -0.05) is 6.92 Å². The highest BCUT2D eigenvalue weighted by molar-refractivity contribution is 5.81. The Morgan fingerprint density at radius 3 is 2.80 bits per heavy atom. The van der Waals surface area contributed by atoms with Crippen LogP contribution in [-0.2, 0) is 9.59 Å². The molecule has 1 aliphatic carbocycles. The predicted octanol–water partition coefficient (Wildman–Crippen LogP) is 1.19. The minimum absolute atomic E-state index is 0.0754. The molecule has 0 heterocycles. The molecule has 0 aromatic carbocycles. The van der Waals surface area contributed by atoms with Gasteiger partial charge in [0.2, 0.25) is 0 Å². The molecular weight excluding hydrogens is 128 g/mol. The smallest absolute Gasteiger partial charge is 0.133 e. The van der Waals surface area contributed by atoms with Crippen LogP contribution in [0.2, 0.25) is 0 Å². The summed E-state index contributed by atoms with van der Waals surface area (Å²) in [7, 11) is 0. The highest BCUT2D eigenvalue weighted by Gasteiger charge is 2.26. The van der Waals surface area contributed by atoms with E-state index in [0.717, 1.165) is 12.7 Å². The molecule has 56 valence electrons. The van der Waals surface area contributed by atoms with E-state index in [2.05, 4.69) is 0 Å². The summed E-state index contributed by atoms with van der Waals surface area (Å²) in [5.74, 6) is 0.732. The first kappa shape index (κ1) is 7.45. The van der Waals surface area contributed by atoms with Gasteiger partial charge in [-0.05, 0) is 12.3 Å². The molecule has 0 saturated heterocycles. The maximum atomic E-state index is 10.8. The van der Waals surface area contributed by atoms with E-state index in [1.54, 1.807) is 0 Å². The zero-order valence-corrected chi connectivity index (χ0v) is 6.17. The predicted molar refractivity (Wildman–Crippen MR) is 37.6 cm³/mol. The Labute approximate surface area is 60.6 Å². The lowest BCUT2D eigenvalue weighted by molar-refractivity contribution is -0.117. The molecule has 0 aromatic rings. The number of aldehydes is 1. The van der Waals surface area contributed by atoms with Gasteiger partial charge in [0.1, 0.15) is 12.1 Å². The molecule has 0 aromatic heterocycles. The molecule has 0 spiro atoms. The molecule has 1 saturated carbocycles. The SMILES string of the molecule is C[C@H](C=O)[C@@H]1CCC(=O)C1. The second-order valence-electron chi connectivity index (χ2n) is 3.04. The van der Waals surface area contributed by atoms with Gasteiger partial charge in [0.05, 0.1) is 0 Å². The minimum atomic E-state index is 0.0754. The van der Waals surface area contributed by atoms with Crippen LogP contribution in [0.3, 0.4) is 0 Å². The van der Waals surface area contributed by atoms with Gasteiger partial charge in [-0.15, -0.1) is 0 Å². The number of hydrogen-bond donors (Lipinski definition) is 0. The third-order valence-electron chi connectivity index (χ3n) is 2.24. The average Bonchev–Trinajstić information content (AvgIpc) is 2.34. The van der Waals surface area contributed by atoms with Gasteiger partial charge in [0.25, 0.3) is 0 Å². The second kappa shape index (κ2) is 2.95. The van der Waals surface area contributed by atoms with Gasteiger partial charge in [-0.25, -0.2) is 0 Å². The zero-order chi connectivity index (χ0) is 7.56. The maximum absolute atomic E-state index is 10.8. The van der Waals surface area contributed by atoms with E-state index in [1.807, 2.05) is 6.92 Å². The van der Waals surface area contributed by atoms with Gasteiger partial charge < -0.3 is 4.79 Å². The van der Waals surface area contributed by atoms with Crippen molar-refractivity contribution >= 4 is 12.1 Å². The Bertz CT molecular complexity index is 151. The first-order valence-electron chi connectivity index (χ1n) is 3.71. The van der Waals surface area contributed by atoms with Gasteiger partial charge >= 0.3 is 0 Å². The minimum Gasteiger partial charge on any atom is -0.303 e. The van der Waals surface area contributed by atoms with Gasteiger partial charge in [0, 0.05) is 18.8 Å². The summed E-state index contributed by atoms with van der Waals surface area (Å²) in [6.45, 7) is 1.89. The van der Waals surface area contributed by atoms with Crippen LogP contribution >= 0.6 is 0 Å². The fraction of sp³-hybridized carbons (Fsp3) is 0.750. The molecule has 0 unspecified atom stereocenters. The van der Waals surface area contributed by atoms with Crippen LogP contribution in [0.15, 0.2) is 0 Å². The van der Waals surface area contributed by atoms with Crippen LogP contribution in [0.1, 0.15) is 26.2 Å². The molecule has 1 aliphatic rings.